The summed E-state index contributed by atoms with van der Waals surface area (Å²) in [7, 11) is 0. The van der Waals surface area contributed by atoms with Gasteiger partial charge in [0.2, 0.25) is 0 Å². The number of nitrogens with one attached hydrogen (secondary N) is 1. The number of carbonyl (C=O) groups is 1. The van der Waals surface area contributed by atoms with Crippen molar-refractivity contribution in [2.45, 2.75) is 19.3 Å². The van der Waals surface area contributed by atoms with E-state index in [1.807, 2.05) is 12.1 Å². The van der Waals surface area contributed by atoms with Gasteiger partial charge in [-0.05, 0) is 25.0 Å². The molecule has 2 aromatic rings. The number of nitrogens with zero attached hydrogens (tertiary/aromatic N) is 1. The molecule has 3 nitrogen and oxygen atoms in total. The maximum Gasteiger partial charge on any atom is 0.179 e. The van der Waals surface area contributed by atoms with E-state index in [0.717, 1.165) is 35.1 Å². The monoisotopic (exact) mass is 186 g/mol. The lowest BCUT2D eigenvalue weighted by atomic mass is 9.96. The van der Waals surface area contributed by atoms with Crippen LogP contribution >= 0.6 is 0 Å². The Labute approximate surface area is 81.2 Å². The Morgan fingerprint density at radius 3 is 3.21 bits per heavy atom. The number of rotatable bonds is 0. The normalized spacial score (nSPS) is 15.9. The van der Waals surface area contributed by atoms with E-state index in [9.17, 15) is 4.79 Å². The predicted octanol–water partition coefficient (Wildman–Crippen LogP) is 2.08. The van der Waals surface area contributed by atoms with Crippen molar-refractivity contribution in [3.63, 3.8) is 0 Å². The maximum atomic E-state index is 11.6. The van der Waals surface area contributed by atoms with Gasteiger partial charge in [0.25, 0.3) is 0 Å². The fourth-order valence-electron chi connectivity index (χ4n) is 2.11. The summed E-state index contributed by atoms with van der Waals surface area (Å²) in [5.41, 5.74) is 3.84. The molecule has 3 heteroatoms. The minimum Gasteiger partial charge on any atom is -0.351 e. The van der Waals surface area contributed by atoms with E-state index in [1.165, 1.54) is 0 Å². The lowest BCUT2D eigenvalue weighted by Gasteiger charge is -2.08. The number of Topliss-reactive ketones (excluding diaryl/α,β-unsaturated/α-hetero) is 1. The van der Waals surface area contributed by atoms with Crippen molar-refractivity contribution in [2.24, 2.45) is 0 Å². The summed E-state index contributed by atoms with van der Waals surface area (Å²) in [6.07, 6.45) is 4.36. The molecule has 0 radical (unpaired) electrons. The molecule has 0 unspecified atom stereocenters. The second-order valence-electron chi connectivity index (χ2n) is 3.65. The molecule has 70 valence electrons. The molecule has 0 atom stereocenters. The van der Waals surface area contributed by atoms with Gasteiger partial charge in [0.15, 0.2) is 5.78 Å². The average Bonchev–Trinajstić information content (AvgIpc) is 2.59. The Morgan fingerprint density at radius 2 is 2.29 bits per heavy atom. The number of H-pyrrole nitrogens is 1. The van der Waals surface area contributed by atoms with Gasteiger partial charge in [0, 0.05) is 18.2 Å². The number of aryl methyl sites for hydroxylation is 1. The molecule has 1 aliphatic carbocycles. The van der Waals surface area contributed by atoms with Gasteiger partial charge in [-0.2, -0.15) is 0 Å². The van der Waals surface area contributed by atoms with E-state index in [2.05, 4.69) is 9.97 Å². The van der Waals surface area contributed by atoms with Gasteiger partial charge in [0.05, 0.1) is 16.7 Å². The first-order valence-corrected chi connectivity index (χ1v) is 4.85. The average molecular weight is 186 g/mol. The highest BCUT2D eigenvalue weighted by Gasteiger charge is 2.21. The lowest BCUT2D eigenvalue weighted by molar-refractivity contribution is 0.0968. The largest absolute Gasteiger partial charge is 0.351 e. The fourth-order valence-corrected chi connectivity index (χ4v) is 2.11. The van der Waals surface area contributed by atoms with E-state index in [-0.39, 0.29) is 5.78 Å². The minimum atomic E-state index is 0.226. The summed E-state index contributed by atoms with van der Waals surface area (Å²) >= 11 is 0. The molecule has 1 N–H and O–H groups in total. The lowest BCUT2D eigenvalue weighted by Crippen LogP contribution is -2.09. The molecule has 2 heterocycles. The quantitative estimate of drug-likeness (QED) is 0.684. The summed E-state index contributed by atoms with van der Waals surface area (Å²) in [5, 5.41) is 0. The third-order valence-electron chi connectivity index (χ3n) is 2.76. The van der Waals surface area contributed by atoms with Crippen molar-refractivity contribution < 1.29 is 4.79 Å². The summed E-state index contributed by atoms with van der Waals surface area (Å²) in [6.45, 7) is 0. The summed E-state index contributed by atoms with van der Waals surface area (Å²) < 4.78 is 0. The molecular weight excluding hydrogens is 176 g/mol. The first kappa shape index (κ1) is 7.74. The van der Waals surface area contributed by atoms with E-state index < -0.39 is 0 Å². The van der Waals surface area contributed by atoms with Crippen molar-refractivity contribution in [1.29, 1.82) is 0 Å². The van der Waals surface area contributed by atoms with Crippen molar-refractivity contribution in [2.75, 3.05) is 0 Å². The number of aromatic nitrogens is 2. The van der Waals surface area contributed by atoms with Gasteiger partial charge in [0.1, 0.15) is 0 Å². The molecule has 14 heavy (non-hydrogen) atoms. The SMILES string of the molecule is O=C1CCCc2c1[nH]c1cccnc21. The summed E-state index contributed by atoms with van der Waals surface area (Å²) in [5.74, 6) is 0.226. The van der Waals surface area contributed by atoms with Gasteiger partial charge < -0.3 is 4.98 Å². The van der Waals surface area contributed by atoms with E-state index in [0.29, 0.717) is 6.42 Å². The highest BCUT2D eigenvalue weighted by atomic mass is 16.1. The van der Waals surface area contributed by atoms with Gasteiger partial charge in [-0.25, -0.2) is 0 Å². The van der Waals surface area contributed by atoms with E-state index in [4.69, 9.17) is 0 Å². The first-order valence-electron chi connectivity index (χ1n) is 4.85. The van der Waals surface area contributed by atoms with Crippen molar-refractivity contribution in [3.05, 3.63) is 29.6 Å². The number of fused-ring (bicyclic) bond motifs is 3. The zero-order valence-corrected chi connectivity index (χ0v) is 7.71. The second-order valence-corrected chi connectivity index (χ2v) is 3.65. The van der Waals surface area contributed by atoms with Crippen LogP contribution in [0.3, 0.4) is 0 Å². The van der Waals surface area contributed by atoms with Crippen LogP contribution in [0, 0.1) is 0 Å². The number of pyridine rings is 1. The van der Waals surface area contributed by atoms with Crippen LogP contribution in [0.4, 0.5) is 0 Å². The number of hydrogen-bond acceptors (Lipinski definition) is 2. The molecule has 0 spiro atoms. The Kier molecular flexibility index (Phi) is 1.48. The topological polar surface area (TPSA) is 45.8 Å². The van der Waals surface area contributed by atoms with Gasteiger partial charge in [-0.1, -0.05) is 0 Å². The Morgan fingerprint density at radius 1 is 1.36 bits per heavy atom. The maximum absolute atomic E-state index is 11.6. The van der Waals surface area contributed by atoms with Crippen LogP contribution in [-0.2, 0) is 6.42 Å². The molecule has 0 saturated heterocycles. The standard InChI is InChI=1S/C11H10N2O/c14-9-5-1-3-7-10-8(13-11(7)9)4-2-6-12-10/h2,4,6,13H,1,3,5H2. The smallest absolute Gasteiger partial charge is 0.179 e. The molecule has 0 amide bonds. The number of ketones is 1. The number of aromatic amines is 1. The molecule has 0 fully saturated rings. The fraction of sp³-hybridized carbons (Fsp3) is 0.273. The highest BCUT2D eigenvalue weighted by Crippen LogP contribution is 2.27. The zero-order chi connectivity index (χ0) is 9.54. The molecule has 0 saturated carbocycles. The van der Waals surface area contributed by atoms with Gasteiger partial charge in [-0.3, -0.25) is 9.78 Å². The molecule has 0 bridgehead atoms. The van der Waals surface area contributed by atoms with E-state index in [1.54, 1.807) is 6.20 Å². The molecule has 0 aromatic carbocycles. The molecular formula is C11H10N2O. The summed E-state index contributed by atoms with van der Waals surface area (Å²) in [4.78, 5) is 19.1. The van der Waals surface area contributed by atoms with Crippen LogP contribution in [-0.4, -0.2) is 15.8 Å². The minimum absolute atomic E-state index is 0.226. The van der Waals surface area contributed by atoms with Gasteiger partial charge in [-0.15, -0.1) is 0 Å². The number of hydrogen-bond donors (Lipinski definition) is 1. The van der Waals surface area contributed by atoms with Crippen molar-refractivity contribution in [3.8, 4) is 0 Å². The predicted molar refractivity (Wildman–Crippen MR) is 53.4 cm³/mol. The van der Waals surface area contributed by atoms with Crippen molar-refractivity contribution in [1.82, 2.24) is 9.97 Å². The Balaban J connectivity index is 2.38. The van der Waals surface area contributed by atoms with Crippen LogP contribution in [0.15, 0.2) is 18.3 Å². The molecule has 3 rings (SSSR count). The summed E-state index contributed by atoms with van der Waals surface area (Å²) in [6, 6.07) is 3.85. The van der Waals surface area contributed by atoms with Gasteiger partial charge >= 0.3 is 0 Å². The van der Waals surface area contributed by atoms with Crippen molar-refractivity contribution >= 4 is 16.8 Å². The first-order chi connectivity index (χ1) is 6.86. The Hall–Kier alpha value is -1.64. The van der Waals surface area contributed by atoms with Crippen LogP contribution in [0.25, 0.3) is 11.0 Å². The second kappa shape index (κ2) is 2.67. The zero-order valence-electron chi connectivity index (χ0n) is 7.71. The molecule has 1 aliphatic rings. The van der Waals surface area contributed by atoms with Crippen LogP contribution in [0.2, 0.25) is 0 Å². The highest BCUT2D eigenvalue weighted by molar-refractivity contribution is 6.02. The van der Waals surface area contributed by atoms with Crippen LogP contribution < -0.4 is 0 Å². The molecule has 0 aliphatic heterocycles. The van der Waals surface area contributed by atoms with E-state index >= 15 is 0 Å². The Bertz CT molecular complexity index is 513. The van der Waals surface area contributed by atoms with Crippen LogP contribution in [0.1, 0.15) is 28.9 Å². The molecule has 2 aromatic heterocycles. The third-order valence-corrected chi connectivity index (χ3v) is 2.76. The van der Waals surface area contributed by atoms with Crippen LogP contribution in [0.5, 0.6) is 0 Å². The number of carbonyl (C=O) groups excluding carboxylic acids is 1. The third kappa shape index (κ3) is 0.923.